The van der Waals surface area contributed by atoms with Gasteiger partial charge in [0.25, 0.3) is 0 Å². The molecule has 80 valence electrons. The van der Waals surface area contributed by atoms with Crippen molar-refractivity contribution < 1.29 is 25.2 Å². The van der Waals surface area contributed by atoms with Gasteiger partial charge >= 0.3 is 0 Å². The number of hydrogen-bond donors (Lipinski definition) is 4. The topological polar surface area (TPSA) is 139 Å². The van der Waals surface area contributed by atoms with Gasteiger partial charge in [-0.15, -0.1) is 0 Å². The molecule has 1 aliphatic rings. The number of ether oxygens (including phenoxy) is 1. The molecule has 0 aromatic heterocycles. The van der Waals surface area contributed by atoms with Gasteiger partial charge in [0.15, 0.2) is 6.23 Å². The minimum Gasteiger partial charge on any atom is -0.394 e. The lowest BCUT2D eigenvalue weighted by Gasteiger charge is -2.37. The first-order valence-electron chi connectivity index (χ1n) is 3.96. The Labute approximate surface area is 79.0 Å². The van der Waals surface area contributed by atoms with Gasteiger partial charge in [-0.05, 0) is 5.53 Å². The largest absolute Gasteiger partial charge is 0.394 e. The molecule has 0 aliphatic carbocycles. The predicted octanol–water partition coefficient (Wildman–Crippen LogP) is -1.90. The van der Waals surface area contributed by atoms with Crippen LogP contribution in [0.1, 0.15) is 0 Å². The summed E-state index contributed by atoms with van der Waals surface area (Å²) < 4.78 is 4.84. The molecule has 5 atom stereocenters. The molecule has 4 N–H and O–H groups in total. The van der Waals surface area contributed by atoms with Crippen LogP contribution < -0.4 is 0 Å². The van der Waals surface area contributed by atoms with Crippen LogP contribution >= 0.6 is 0 Å². The van der Waals surface area contributed by atoms with Crippen LogP contribution in [0.5, 0.6) is 0 Å². The number of aliphatic hydroxyl groups excluding tert-OH is 4. The normalized spacial score (nSPS) is 43.0. The van der Waals surface area contributed by atoms with E-state index in [0.717, 1.165) is 0 Å². The van der Waals surface area contributed by atoms with E-state index in [0.29, 0.717) is 0 Å². The lowest BCUT2D eigenvalue weighted by Crippen LogP contribution is -2.57. The van der Waals surface area contributed by atoms with Crippen molar-refractivity contribution in [1.82, 2.24) is 0 Å². The Morgan fingerprint density at radius 1 is 1.21 bits per heavy atom. The number of hydrogen-bond acceptors (Lipinski definition) is 6. The molecule has 0 bridgehead atoms. The van der Waals surface area contributed by atoms with Crippen LogP contribution in [0, 0.1) is 0 Å². The lowest BCUT2D eigenvalue weighted by molar-refractivity contribution is -0.227. The van der Waals surface area contributed by atoms with Crippen molar-refractivity contribution >= 4 is 0 Å². The smallest absolute Gasteiger partial charge is 0.165 e. The van der Waals surface area contributed by atoms with Crippen molar-refractivity contribution in [2.45, 2.75) is 30.6 Å². The van der Waals surface area contributed by atoms with Crippen molar-refractivity contribution in [3.63, 3.8) is 0 Å². The molecule has 0 radical (unpaired) electrons. The lowest BCUT2D eigenvalue weighted by atomic mass is 9.99. The number of azide groups is 1. The van der Waals surface area contributed by atoms with Crippen molar-refractivity contribution in [2.75, 3.05) is 6.61 Å². The Morgan fingerprint density at radius 2 is 1.86 bits per heavy atom. The molecular weight excluding hydrogens is 194 g/mol. The Morgan fingerprint density at radius 3 is 2.36 bits per heavy atom. The number of nitrogens with zero attached hydrogens (tertiary/aromatic N) is 3. The molecule has 8 heteroatoms. The molecule has 0 aromatic carbocycles. The molecule has 1 heterocycles. The molecule has 1 rings (SSSR count). The van der Waals surface area contributed by atoms with Gasteiger partial charge in [-0.1, -0.05) is 5.11 Å². The zero-order valence-electron chi connectivity index (χ0n) is 7.13. The summed E-state index contributed by atoms with van der Waals surface area (Å²) in [6.07, 6.45) is -6.76. The van der Waals surface area contributed by atoms with E-state index in [1.165, 1.54) is 0 Å². The van der Waals surface area contributed by atoms with E-state index >= 15 is 0 Å². The summed E-state index contributed by atoms with van der Waals surface area (Å²) in [7, 11) is 0. The minimum atomic E-state index is -1.50. The monoisotopic (exact) mass is 205 g/mol. The van der Waals surface area contributed by atoms with Crippen LogP contribution in [-0.4, -0.2) is 57.7 Å². The first-order valence-corrected chi connectivity index (χ1v) is 3.96. The highest BCUT2D eigenvalue weighted by Gasteiger charge is 2.42. The Kier molecular flexibility index (Phi) is 3.64. The summed E-state index contributed by atoms with van der Waals surface area (Å²) in [5.74, 6) is 0. The Balaban J connectivity index is 2.77. The molecule has 8 nitrogen and oxygen atoms in total. The summed E-state index contributed by atoms with van der Waals surface area (Å²) in [6, 6.07) is 0. The van der Waals surface area contributed by atoms with Crippen LogP contribution in [0.2, 0.25) is 0 Å². The molecule has 0 aromatic rings. The summed E-state index contributed by atoms with van der Waals surface area (Å²) in [6.45, 7) is -0.539. The summed E-state index contributed by atoms with van der Waals surface area (Å²) in [5.41, 5.74) is 8.11. The van der Waals surface area contributed by atoms with E-state index in [-0.39, 0.29) is 0 Å². The number of aliphatic hydroxyl groups is 4. The number of rotatable bonds is 2. The van der Waals surface area contributed by atoms with E-state index in [4.69, 9.17) is 15.4 Å². The average Bonchev–Trinajstić information content (AvgIpc) is 2.19. The second-order valence-corrected chi connectivity index (χ2v) is 2.92. The van der Waals surface area contributed by atoms with Crippen LogP contribution in [0.3, 0.4) is 0 Å². The van der Waals surface area contributed by atoms with Crippen molar-refractivity contribution in [2.24, 2.45) is 5.11 Å². The summed E-state index contributed by atoms with van der Waals surface area (Å²) >= 11 is 0. The standard InChI is InChI=1S/C6H11N3O5/c7-9-8-6-5(13)4(12)3(11)2(1-10)14-6/h2-6,10-13H,1H2/t2-,3+,4+,5-,6-/m0/s1. The van der Waals surface area contributed by atoms with Crippen LogP contribution in [0.4, 0.5) is 0 Å². The SMILES string of the molecule is [N-]=[N+]=N[C@H]1O[C@@H](CO)[C@@H](O)[C@@H](O)[C@@H]1O. The summed E-state index contributed by atoms with van der Waals surface area (Å²) in [4.78, 5) is 2.40. The van der Waals surface area contributed by atoms with Gasteiger partial charge in [0, 0.05) is 4.91 Å². The predicted molar refractivity (Wildman–Crippen MR) is 42.9 cm³/mol. The van der Waals surface area contributed by atoms with Crippen molar-refractivity contribution in [3.05, 3.63) is 10.4 Å². The van der Waals surface area contributed by atoms with Gasteiger partial charge in [0.1, 0.15) is 24.4 Å². The fourth-order valence-corrected chi connectivity index (χ4v) is 1.23. The maximum atomic E-state index is 9.27. The molecule has 1 aliphatic heterocycles. The highest BCUT2D eigenvalue weighted by atomic mass is 16.6. The third-order valence-electron chi connectivity index (χ3n) is 2.03. The first kappa shape index (κ1) is 11.2. The van der Waals surface area contributed by atoms with Crippen LogP contribution in [-0.2, 0) is 4.74 Å². The van der Waals surface area contributed by atoms with E-state index in [9.17, 15) is 15.3 Å². The third kappa shape index (κ3) is 1.95. The highest BCUT2D eigenvalue weighted by Crippen LogP contribution is 2.21. The van der Waals surface area contributed by atoms with Gasteiger partial charge < -0.3 is 25.2 Å². The average molecular weight is 205 g/mol. The minimum absolute atomic E-state index is 0.539. The summed E-state index contributed by atoms with van der Waals surface area (Å²) in [5, 5.41) is 39.6. The van der Waals surface area contributed by atoms with Crippen molar-refractivity contribution in [1.29, 1.82) is 0 Å². The zero-order chi connectivity index (χ0) is 10.7. The second-order valence-electron chi connectivity index (χ2n) is 2.92. The molecule has 0 saturated carbocycles. The maximum absolute atomic E-state index is 9.27. The molecular formula is C6H11N3O5. The second kappa shape index (κ2) is 4.56. The van der Waals surface area contributed by atoms with Gasteiger partial charge in [-0.3, -0.25) is 0 Å². The highest BCUT2D eigenvalue weighted by molar-refractivity contribution is 4.90. The maximum Gasteiger partial charge on any atom is 0.165 e. The quantitative estimate of drug-likeness (QED) is 0.237. The zero-order valence-corrected chi connectivity index (χ0v) is 7.13. The van der Waals surface area contributed by atoms with Gasteiger partial charge in [0.05, 0.1) is 6.61 Å². The van der Waals surface area contributed by atoms with E-state index < -0.39 is 37.3 Å². The van der Waals surface area contributed by atoms with Gasteiger partial charge in [-0.25, -0.2) is 0 Å². The van der Waals surface area contributed by atoms with Crippen LogP contribution in [0.25, 0.3) is 10.4 Å². The molecule has 14 heavy (non-hydrogen) atoms. The first-order chi connectivity index (χ1) is 6.61. The molecule has 0 amide bonds. The molecule has 1 fully saturated rings. The van der Waals surface area contributed by atoms with Gasteiger partial charge in [-0.2, -0.15) is 0 Å². The fraction of sp³-hybridized carbons (Fsp3) is 1.00. The molecule has 0 spiro atoms. The molecule has 0 unspecified atom stereocenters. The van der Waals surface area contributed by atoms with Crippen LogP contribution in [0.15, 0.2) is 5.11 Å². The van der Waals surface area contributed by atoms with Crippen molar-refractivity contribution in [3.8, 4) is 0 Å². The van der Waals surface area contributed by atoms with E-state index in [2.05, 4.69) is 10.0 Å². The van der Waals surface area contributed by atoms with Gasteiger partial charge in [0.2, 0.25) is 0 Å². The Bertz CT molecular complexity index is 242. The van der Waals surface area contributed by atoms with E-state index in [1.807, 2.05) is 0 Å². The Hall–Kier alpha value is -0.890. The molecule has 1 saturated heterocycles. The third-order valence-corrected chi connectivity index (χ3v) is 2.03. The van der Waals surface area contributed by atoms with E-state index in [1.54, 1.807) is 0 Å². The fourth-order valence-electron chi connectivity index (χ4n) is 1.23.